The summed E-state index contributed by atoms with van der Waals surface area (Å²) < 4.78 is 29.3. The van der Waals surface area contributed by atoms with Gasteiger partial charge >= 0.3 is 0 Å². The number of rotatable bonds is 13. The SMILES string of the molecule is CCCNC(=O)C(Cc1ccccc1)N(Cc1ccc(Cl)cc1Cl)C(=O)CN(c1cccc(Cl)c1Cl)S(=O)(=O)c1ccc(C)cc1. The Morgan fingerprint density at radius 1 is 0.848 bits per heavy atom. The summed E-state index contributed by atoms with van der Waals surface area (Å²) in [5.41, 5.74) is 2.20. The minimum atomic E-state index is -4.35. The number of halogens is 4. The Bertz CT molecular complexity index is 1790. The Labute approximate surface area is 290 Å². The molecular weight excluding hydrogens is 688 g/mol. The van der Waals surface area contributed by atoms with E-state index in [1.54, 1.807) is 36.4 Å². The molecule has 1 unspecified atom stereocenters. The predicted molar refractivity (Wildman–Crippen MR) is 186 cm³/mol. The molecule has 1 N–H and O–H groups in total. The lowest BCUT2D eigenvalue weighted by atomic mass is 10.0. The monoisotopic (exact) mass is 719 g/mol. The Morgan fingerprint density at radius 2 is 1.54 bits per heavy atom. The number of hydrogen-bond donors (Lipinski definition) is 1. The number of carbonyl (C=O) groups is 2. The molecule has 2 amide bonds. The highest BCUT2D eigenvalue weighted by molar-refractivity contribution is 7.92. The van der Waals surface area contributed by atoms with Crippen molar-refractivity contribution in [2.45, 2.75) is 44.2 Å². The van der Waals surface area contributed by atoms with E-state index >= 15 is 0 Å². The van der Waals surface area contributed by atoms with Crippen LogP contribution in [0.1, 0.15) is 30.0 Å². The van der Waals surface area contributed by atoms with Gasteiger partial charge in [-0.15, -0.1) is 0 Å². The van der Waals surface area contributed by atoms with E-state index in [9.17, 15) is 18.0 Å². The van der Waals surface area contributed by atoms with E-state index in [1.165, 1.54) is 29.2 Å². The Balaban J connectivity index is 1.85. The number of benzene rings is 4. The quantitative estimate of drug-likeness (QED) is 0.152. The fourth-order valence-corrected chi connectivity index (χ4v) is 7.13. The summed E-state index contributed by atoms with van der Waals surface area (Å²) in [6.07, 6.45) is 0.840. The summed E-state index contributed by atoms with van der Waals surface area (Å²) >= 11 is 25.6. The summed E-state index contributed by atoms with van der Waals surface area (Å²) in [6.45, 7) is 3.36. The lowest BCUT2D eigenvalue weighted by molar-refractivity contribution is -0.140. The molecule has 0 saturated heterocycles. The second-order valence-electron chi connectivity index (χ2n) is 10.7. The van der Waals surface area contributed by atoms with E-state index in [0.29, 0.717) is 28.6 Å². The summed E-state index contributed by atoms with van der Waals surface area (Å²) in [6, 6.07) is 23.9. The molecule has 7 nitrogen and oxygen atoms in total. The first-order chi connectivity index (χ1) is 21.9. The topological polar surface area (TPSA) is 86.8 Å². The minimum absolute atomic E-state index is 0.0163. The lowest BCUT2D eigenvalue weighted by Crippen LogP contribution is -2.53. The van der Waals surface area contributed by atoms with Gasteiger partial charge in [0.2, 0.25) is 11.8 Å². The molecule has 0 spiro atoms. The van der Waals surface area contributed by atoms with Gasteiger partial charge in [-0.3, -0.25) is 13.9 Å². The first-order valence-corrected chi connectivity index (χ1v) is 17.5. The average molecular weight is 722 g/mol. The molecule has 0 aliphatic heterocycles. The normalized spacial score (nSPS) is 12.0. The third-order valence-electron chi connectivity index (χ3n) is 7.26. The lowest BCUT2D eigenvalue weighted by Gasteiger charge is -2.34. The number of nitrogens with one attached hydrogen (secondary N) is 1. The zero-order valence-electron chi connectivity index (χ0n) is 25.2. The number of sulfonamides is 1. The maximum atomic E-state index is 14.5. The highest BCUT2D eigenvalue weighted by atomic mass is 35.5. The van der Waals surface area contributed by atoms with E-state index in [2.05, 4.69) is 5.32 Å². The molecule has 46 heavy (non-hydrogen) atoms. The molecular formula is C34H33Cl4N3O4S. The van der Waals surface area contributed by atoms with Crippen molar-refractivity contribution in [3.05, 3.63) is 128 Å². The number of amides is 2. The van der Waals surface area contributed by atoms with Crippen LogP contribution in [0.15, 0.2) is 95.9 Å². The van der Waals surface area contributed by atoms with Crippen LogP contribution in [0.5, 0.6) is 0 Å². The van der Waals surface area contributed by atoms with Crippen molar-refractivity contribution >= 4 is 73.9 Å². The van der Waals surface area contributed by atoms with Gasteiger partial charge in [-0.05, 0) is 60.9 Å². The first kappa shape index (κ1) is 35.6. The molecule has 0 saturated carbocycles. The molecule has 0 aliphatic rings. The number of carbonyl (C=O) groups excluding carboxylic acids is 2. The molecule has 4 rings (SSSR count). The Morgan fingerprint density at radius 3 is 2.20 bits per heavy atom. The average Bonchev–Trinajstić information content (AvgIpc) is 3.03. The zero-order chi connectivity index (χ0) is 33.4. The van der Waals surface area contributed by atoms with Gasteiger partial charge < -0.3 is 10.2 Å². The third-order valence-corrected chi connectivity index (χ3v) is 10.4. The van der Waals surface area contributed by atoms with Crippen LogP contribution in [0.25, 0.3) is 0 Å². The molecule has 1 atom stereocenters. The molecule has 12 heteroatoms. The van der Waals surface area contributed by atoms with E-state index in [1.807, 2.05) is 44.2 Å². The fourth-order valence-electron chi connectivity index (χ4n) is 4.79. The summed E-state index contributed by atoms with van der Waals surface area (Å²) in [5, 5.41) is 3.67. The van der Waals surface area contributed by atoms with Crippen LogP contribution in [0.4, 0.5) is 5.69 Å². The first-order valence-electron chi connectivity index (χ1n) is 14.5. The van der Waals surface area contributed by atoms with Crippen LogP contribution >= 0.6 is 46.4 Å². The van der Waals surface area contributed by atoms with Crippen molar-refractivity contribution in [3.8, 4) is 0 Å². The van der Waals surface area contributed by atoms with Gasteiger partial charge in [0.25, 0.3) is 10.0 Å². The third kappa shape index (κ3) is 8.75. The van der Waals surface area contributed by atoms with Gasteiger partial charge in [-0.25, -0.2) is 8.42 Å². The van der Waals surface area contributed by atoms with Crippen LogP contribution in [0.2, 0.25) is 20.1 Å². The van der Waals surface area contributed by atoms with Gasteiger partial charge in [-0.2, -0.15) is 0 Å². The number of nitrogens with zero attached hydrogens (tertiary/aromatic N) is 2. The van der Waals surface area contributed by atoms with Gasteiger partial charge in [0, 0.05) is 29.6 Å². The fraction of sp³-hybridized carbons (Fsp3) is 0.235. The van der Waals surface area contributed by atoms with Gasteiger partial charge in [-0.1, -0.05) is 113 Å². The van der Waals surface area contributed by atoms with Crippen LogP contribution in [0, 0.1) is 6.92 Å². The van der Waals surface area contributed by atoms with Gasteiger partial charge in [0.1, 0.15) is 12.6 Å². The molecule has 0 heterocycles. The van der Waals surface area contributed by atoms with Gasteiger partial charge in [0.15, 0.2) is 0 Å². The maximum absolute atomic E-state index is 14.5. The van der Waals surface area contributed by atoms with Crippen LogP contribution in [-0.2, 0) is 32.6 Å². The zero-order valence-corrected chi connectivity index (χ0v) is 29.1. The number of anilines is 1. The van der Waals surface area contributed by atoms with Crippen molar-refractivity contribution in [1.82, 2.24) is 10.2 Å². The van der Waals surface area contributed by atoms with Crippen molar-refractivity contribution in [2.24, 2.45) is 0 Å². The molecule has 0 radical (unpaired) electrons. The van der Waals surface area contributed by atoms with Gasteiger partial charge in [0.05, 0.1) is 20.6 Å². The molecule has 0 fully saturated rings. The van der Waals surface area contributed by atoms with E-state index < -0.39 is 34.4 Å². The smallest absolute Gasteiger partial charge is 0.264 e. The standard InChI is InChI=1S/C34H33Cl4N3O4S/c1-3-18-39-34(43)31(19-24-8-5-4-6-9-24)40(21-25-14-15-26(35)20-29(25)37)32(42)22-41(30-11-7-10-28(36)33(30)38)46(44,45)27-16-12-23(2)13-17-27/h4-17,20,31H,3,18-19,21-22H2,1-2H3,(H,39,43). The van der Waals surface area contributed by atoms with Crippen molar-refractivity contribution in [2.75, 3.05) is 17.4 Å². The Kier molecular flexibility index (Phi) is 12.4. The molecule has 0 aliphatic carbocycles. The highest BCUT2D eigenvalue weighted by Crippen LogP contribution is 2.36. The van der Waals surface area contributed by atoms with Crippen molar-refractivity contribution in [1.29, 1.82) is 0 Å². The summed E-state index contributed by atoms with van der Waals surface area (Å²) in [4.78, 5) is 29.6. The van der Waals surface area contributed by atoms with Crippen LogP contribution < -0.4 is 9.62 Å². The molecule has 242 valence electrons. The van der Waals surface area contributed by atoms with Crippen LogP contribution in [-0.4, -0.2) is 44.3 Å². The number of hydrogen-bond acceptors (Lipinski definition) is 4. The second kappa shape index (κ2) is 16.0. The number of aryl methyl sites for hydroxylation is 1. The maximum Gasteiger partial charge on any atom is 0.264 e. The second-order valence-corrected chi connectivity index (χ2v) is 14.1. The molecule has 0 aromatic heterocycles. The van der Waals surface area contributed by atoms with E-state index in [0.717, 1.165) is 15.4 Å². The minimum Gasteiger partial charge on any atom is -0.354 e. The highest BCUT2D eigenvalue weighted by Gasteiger charge is 2.35. The predicted octanol–water partition coefficient (Wildman–Crippen LogP) is 7.97. The van der Waals surface area contributed by atoms with Crippen molar-refractivity contribution < 1.29 is 18.0 Å². The Hall–Kier alpha value is -3.27. The van der Waals surface area contributed by atoms with Crippen molar-refractivity contribution in [3.63, 3.8) is 0 Å². The summed E-state index contributed by atoms with van der Waals surface area (Å²) in [5.74, 6) is -1.05. The van der Waals surface area contributed by atoms with E-state index in [4.69, 9.17) is 46.4 Å². The summed E-state index contributed by atoms with van der Waals surface area (Å²) in [7, 11) is -4.35. The molecule has 4 aromatic rings. The van der Waals surface area contributed by atoms with Crippen LogP contribution in [0.3, 0.4) is 0 Å². The molecule has 0 bridgehead atoms. The van der Waals surface area contributed by atoms with E-state index in [-0.39, 0.29) is 33.6 Å². The molecule has 4 aromatic carbocycles. The largest absolute Gasteiger partial charge is 0.354 e.